The molecule has 12 heteroatoms. The molecule has 11 nitrogen and oxygen atoms in total. The average Bonchev–Trinajstić information content (AvgIpc) is 2.80. The van der Waals surface area contributed by atoms with Crippen molar-refractivity contribution in [3.8, 4) is 0 Å². The van der Waals surface area contributed by atoms with E-state index in [0.29, 0.717) is 37.3 Å². The third kappa shape index (κ3) is 5.76. The predicted molar refractivity (Wildman–Crippen MR) is 108 cm³/mol. The maximum Gasteiger partial charge on any atom is 2.00 e. The number of hydrogen-bond acceptors (Lipinski definition) is 5. The fourth-order valence-corrected chi connectivity index (χ4v) is 3.17. The zero-order chi connectivity index (χ0) is 22.0. The van der Waals surface area contributed by atoms with Crippen LogP contribution in [-0.2, 0) is 26.1 Å². The average molecular weight is 486 g/mol. The Hall–Kier alpha value is -2.14. The van der Waals surface area contributed by atoms with Crippen molar-refractivity contribution in [1.82, 2.24) is 5.06 Å². The number of nitrogens with zero attached hydrogens (tertiary/aromatic N) is 4. The standard InChI is InChI=1S/C12H19N3O2.C7H10NO4.Ni.H2O/c1-11(2)12(3,4)15(17)10(14(11)16)9-7-5-6-8-13-9;9-6(10)4-2-1-3-5(8-4)7(11)12;;/h5-7,16-17H,8H2,1-4H3;4-5H,1-3H2,(H,9,10)(H,11,12);;1H2/q;-1;+2;. The number of rotatable bonds is 3. The first kappa shape index (κ1) is 28.9. The topological polar surface area (TPSA) is 181 Å². The van der Waals surface area contributed by atoms with Gasteiger partial charge >= 0.3 is 22.3 Å². The molecular weight excluding hydrogens is 455 g/mol. The van der Waals surface area contributed by atoms with Gasteiger partial charge in [-0.1, -0.05) is 36.2 Å². The Kier molecular flexibility index (Phi) is 10.2. The number of hydroxylamine groups is 3. The van der Waals surface area contributed by atoms with Crippen molar-refractivity contribution in [2.24, 2.45) is 0 Å². The van der Waals surface area contributed by atoms with E-state index >= 15 is 0 Å². The van der Waals surface area contributed by atoms with E-state index in [2.05, 4.69) is 10.6 Å². The first-order valence-corrected chi connectivity index (χ1v) is 9.46. The second-order valence-electron chi connectivity index (χ2n) is 8.17. The van der Waals surface area contributed by atoms with Crippen LogP contribution in [0.15, 0.2) is 23.9 Å². The summed E-state index contributed by atoms with van der Waals surface area (Å²) in [5.74, 6) is -1.72. The molecule has 31 heavy (non-hydrogen) atoms. The van der Waals surface area contributed by atoms with Crippen LogP contribution in [0.5, 0.6) is 0 Å². The van der Waals surface area contributed by atoms with E-state index < -0.39 is 35.1 Å². The monoisotopic (exact) mass is 485 g/mol. The van der Waals surface area contributed by atoms with Gasteiger partial charge in [-0.3, -0.25) is 9.59 Å². The number of carboxylic acids is 2. The Morgan fingerprint density at radius 3 is 2.00 bits per heavy atom. The summed E-state index contributed by atoms with van der Waals surface area (Å²) in [6.07, 6.45) is 7.10. The van der Waals surface area contributed by atoms with Crippen molar-refractivity contribution in [3.05, 3.63) is 34.6 Å². The van der Waals surface area contributed by atoms with Gasteiger partial charge in [-0.05, 0) is 45.5 Å². The molecule has 0 aliphatic carbocycles. The minimum Gasteiger partial charge on any atom is -0.674 e. The molecule has 3 aliphatic heterocycles. The SMILES string of the molecule is CC1(C)N(O)C(C2=CC=CC[N-]2)=[N+](O)C1(C)C.O.O=C(O)C1CCCC(C(=O)O)[N-]1.[Ni+2]. The molecule has 3 heterocycles. The molecule has 0 aromatic heterocycles. The summed E-state index contributed by atoms with van der Waals surface area (Å²) in [6, 6.07) is -1.64. The van der Waals surface area contributed by atoms with Gasteiger partial charge in [-0.25, -0.2) is 5.21 Å². The van der Waals surface area contributed by atoms with Crippen LogP contribution in [0.2, 0.25) is 0 Å². The van der Waals surface area contributed by atoms with E-state index in [1.165, 1.54) is 0 Å². The smallest absolute Gasteiger partial charge is 0.674 e. The van der Waals surface area contributed by atoms with Crippen LogP contribution in [0, 0.1) is 0 Å². The molecule has 3 aliphatic rings. The molecule has 0 bridgehead atoms. The Bertz CT molecular complexity index is 744. The number of amidine groups is 1. The fourth-order valence-electron chi connectivity index (χ4n) is 3.17. The van der Waals surface area contributed by atoms with Crippen LogP contribution >= 0.6 is 0 Å². The van der Waals surface area contributed by atoms with Crippen LogP contribution in [0.3, 0.4) is 0 Å². The molecule has 2 atom stereocenters. The van der Waals surface area contributed by atoms with Gasteiger partial charge in [0.25, 0.3) is 11.9 Å². The number of aliphatic carboxylic acids is 2. The normalized spacial score (nSPS) is 25.7. The Morgan fingerprint density at radius 1 is 1.13 bits per heavy atom. The Morgan fingerprint density at radius 2 is 1.65 bits per heavy atom. The Balaban J connectivity index is 0.000000575. The zero-order valence-electron chi connectivity index (χ0n) is 17.9. The summed E-state index contributed by atoms with van der Waals surface area (Å²) in [5.41, 5.74) is -0.611. The first-order chi connectivity index (χ1) is 13.4. The molecule has 6 N–H and O–H groups in total. The molecular formula is C19H31N4NiO7+. The molecule has 2 unspecified atom stereocenters. The van der Waals surface area contributed by atoms with Crippen LogP contribution in [0.4, 0.5) is 0 Å². The minimum atomic E-state index is -1.03. The van der Waals surface area contributed by atoms with Crippen LogP contribution in [0.1, 0.15) is 47.0 Å². The van der Waals surface area contributed by atoms with Crippen molar-refractivity contribution in [3.63, 3.8) is 0 Å². The Labute approximate surface area is 191 Å². The number of hydrogen-bond donors (Lipinski definition) is 4. The minimum absolute atomic E-state index is 0. The molecule has 3 rings (SSSR count). The van der Waals surface area contributed by atoms with Gasteiger partial charge in [0, 0.05) is 0 Å². The van der Waals surface area contributed by atoms with Crippen molar-refractivity contribution >= 4 is 17.8 Å². The maximum atomic E-state index is 10.4. The quantitative estimate of drug-likeness (QED) is 0.265. The van der Waals surface area contributed by atoms with Crippen molar-refractivity contribution in [1.29, 1.82) is 0 Å². The predicted octanol–water partition coefficient (Wildman–Crippen LogP) is 1.50. The van der Waals surface area contributed by atoms with Gasteiger partial charge in [0.1, 0.15) is 0 Å². The van der Waals surface area contributed by atoms with Gasteiger partial charge in [-0.2, -0.15) is 0 Å². The number of piperidine rings is 1. The van der Waals surface area contributed by atoms with Gasteiger partial charge in [0.2, 0.25) is 0 Å². The summed E-state index contributed by atoms with van der Waals surface area (Å²) in [7, 11) is 0. The molecule has 0 aromatic carbocycles. The van der Waals surface area contributed by atoms with Crippen LogP contribution in [0.25, 0.3) is 10.6 Å². The van der Waals surface area contributed by atoms with Crippen molar-refractivity contribution in [2.45, 2.75) is 70.1 Å². The second-order valence-corrected chi connectivity index (χ2v) is 8.17. The zero-order valence-corrected chi connectivity index (χ0v) is 18.9. The number of carbonyl (C=O) groups is 2. The van der Waals surface area contributed by atoms with E-state index in [1.54, 1.807) is 6.08 Å². The molecule has 0 aromatic rings. The third-order valence-electron chi connectivity index (χ3n) is 5.83. The van der Waals surface area contributed by atoms with Gasteiger partial charge in [-0.15, -0.1) is 17.7 Å². The maximum absolute atomic E-state index is 10.4. The van der Waals surface area contributed by atoms with Crippen molar-refractivity contribution in [2.75, 3.05) is 6.54 Å². The summed E-state index contributed by atoms with van der Waals surface area (Å²) in [4.78, 5) is 20.9. The molecule has 0 spiro atoms. The van der Waals surface area contributed by atoms with E-state index in [-0.39, 0.29) is 22.0 Å². The van der Waals surface area contributed by atoms with Gasteiger partial charge in [0.15, 0.2) is 11.1 Å². The van der Waals surface area contributed by atoms with Crippen LogP contribution in [-0.4, -0.2) is 83.4 Å². The molecule has 1 saturated heterocycles. The summed E-state index contributed by atoms with van der Waals surface area (Å²) < 4.78 is 1.10. The number of carboxylic acid groups (broad SMARTS) is 2. The fraction of sp³-hybridized carbons (Fsp3) is 0.632. The second kappa shape index (κ2) is 10.9. The summed E-state index contributed by atoms with van der Waals surface area (Å²) >= 11 is 0. The summed E-state index contributed by atoms with van der Waals surface area (Å²) in [6.45, 7) is 8.08. The molecule has 0 saturated carbocycles. The van der Waals surface area contributed by atoms with E-state index in [1.807, 2.05) is 39.8 Å². The van der Waals surface area contributed by atoms with E-state index in [0.717, 1.165) is 9.80 Å². The molecule has 0 radical (unpaired) electrons. The summed E-state index contributed by atoms with van der Waals surface area (Å²) in [5, 5.41) is 46.6. The van der Waals surface area contributed by atoms with Crippen LogP contribution < -0.4 is 0 Å². The third-order valence-corrected chi connectivity index (χ3v) is 5.83. The van der Waals surface area contributed by atoms with Gasteiger partial charge in [0.05, 0.1) is 0 Å². The molecule has 178 valence electrons. The van der Waals surface area contributed by atoms with Crippen molar-refractivity contribution < 1.29 is 56.9 Å². The number of allylic oxidation sites excluding steroid dienone is 2. The van der Waals surface area contributed by atoms with E-state index in [4.69, 9.17) is 10.2 Å². The largest absolute Gasteiger partial charge is 2.00 e. The van der Waals surface area contributed by atoms with E-state index in [9.17, 15) is 20.0 Å². The first-order valence-electron chi connectivity index (χ1n) is 9.46. The molecule has 0 amide bonds. The molecule has 1 fully saturated rings. The van der Waals surface area contributed by atoms with Gasteiger partial charge < -0.3 is 31.5 Å².